The van der Waals surface area contributed by atoms with Crippen LogP contribution in [0.25, 0.3) is 22.6 Å². The standard InChI is InChI=1S/C25H23N5O3/c1-3-17-7-5-9-19(27-17)23-22(15-10-11-20-21(13-15)33-14-32-20)28-25(29-23)30(2)18-8-4-6-16(12-18)24(26)31/h4-13H,3,14H2,1-2H3,(H2,26,31)(H,28,29). The maximum absolute atomic E-state index is 11.6. The molecule has 166 valence electrons. The van der Waals surface area contributed by atoms with Gasteiger partial charge in [0.15, 0.2) is 11.5 Å². The zero-order valence-corrected chi connectivity index (χ0v) is 18.3. The molecule has 0 unspecified atom stereocenters. The van der Waals surface area contributed by atoms with Crippen LogP contribution >= 0.6 is 0 Å². The monoisotopic (exact) mass is 441 g/mol. The third kappa shape index (κ3) is 3.87. The summed E-state index contributed by atoms with van der Waals surface area (Å²) in [7, 11) is 1.88. The fraction of sp³-hybridized carbons (Fsp3) is 0.160. The van der Waals surface area contributed by atoms with E-state index in [4.69, 9.17) is 25.2 Å². The first-order chi connectivity index (χ1) is 16.0. The minimum atomic E-state index is -0.480. The van der Waals surface area contributed by atoms with Crippen molar-refractivity contribution in [2.24, 2.45) is 5.73 Å². The molecule has 3 N–H and O–H groups in total. The van der Waals surface area contributed by atoms with Gasteiger partial charge in [-0.15, -0.1) is 0 Å². The number of amides is 1. The first kappa shape index (κ1) is 20.6. The summed E-state index contributed by atoms with van der Waals surface area (Å²) in [6, 6.07) is 18.8. The summed E-state index contributed by atoms with van der Waals surface area (Å²) >= 11 is 0. The molecule has 0 atom stereocenters. The number of hydrogen-bond donors (Lipinski definition) is 2. The van der Waals surface area contributed by atoms with E-state index in [0.29, 0.717) is 23.0 Å². The predicted molar refractivity (Wildman–Crippen MR) is 126 cm³/mol. The number of nitrogens with one attached hydrogen (secondary N) is 1. The number of imidazole rings is 1. The molecule has 0 aliphatic carbocycles. The van der Waals surface area contributed by atoms with Gasteiger partial charge in [-0.1, -0.05) is 19.1 Å². The van der Waals surface area contributed by atoms with Crippen molar-refractivity contribution >= 4 is 17.5 Å². The number of primary amides is 1. The Kier molecular flexibility index (Phi) is 5.18. The van der Waals surface area contributed by atoms with Crippen LogP contribution in [0.1, 0.15) is 23.0 Å². The molecule has 4 aromatic rings. The maximum atomic E-state index is 11.6. The van der Waals surface area contributed by atoms with Crippen molar-refractivity contribution in [3.63, 3.8) is 0 Å². The van der Waals surface area contributed by atoms with E-state index in [1.807, 2.05) is 54.4 Å². The number of nitrogens with two attached hydrogens (primary N) is 1. The predicted octanol–water partition coefficient (Wildman–Crippen LogP) is 4.30. The largest absolute Gasteiger partial charge is 0.454 e. The number of fused-ring (bicyclic) bond motifs is 1. The zero-order valence-electron chi connectivity index (χ0n) is 18.3. The number of carbonyl (C=O) groups is 1. The van der Waals surface area contributed by atoms with Crippen molar-refractivity contribution in [1.29, 1.82) is 0 Å². The van der Waals surface area contributed by atoms with E-state index < -0.39 is 5.91 Å². The van der Waals surface area contributed by atoms with Gasteiger partial charge >= 0.3 is 0 Å². The van der Waals surface area contributed by atoms with Crippen LogP contribution < -0.4 is 20.1 Å². The van der Waals surface area contributed by atoms with Gasteiger partial charge in [0.2, 0.25) is 18.6 Å². The number of pyridine rings is 1. The van der Waals surface area contributed by atoms with Crippen molar-refractivity contribution in [1.82, 2.24) is 15.0 Å². The molecule has 8 nitrogen and oxygen atoms in total. The molecule has 0 spiro atoms. The van der Waals surface area contributed by atoms with E-state index in [-0.39, 0.29) is 6.79 Å². The average Bonchev–Trinajstić information content (AvgIpc) is 3.50. The summed E-state index contributed by atoms with van der Waals surface area (Å²) in [5.74, 6) is 1.51. The summed E-state index contributed by atoms with van der Waals surface area (Å²) in [5, 5.41) is 0. The normalized spacial score (nSPS) is 12.1. The Labute approximate surface area is 191 Å². The van der Waals surface area contributed by atoms with E-state index >= 15 is 0 Å². The number of H-pyrrole nitrogens is 1. The number of aryl methyl sites for hydroxylation is 1. The Morgan fingerprint density at radius 3 is 2.70 bits per heavy atom. The average molecular weight is 441 g/mol. The molecular weight excluding hydrogens is 418 g/mol. The van der Waals surface area contributed by atoms with Gasteiger partial charge in [-0.3, -0.25) is 9.78 Å². The van der Waals surface area contributed by atoms with E-state index in [9.17, 15) is 4.79 Å². The highest BCUT2D eigenvalue weighted by atomic mass is 16.7. The van der Waals surface area contributed by atoms with Crippen LogP contribution in [-0.2, 0) is 6.42 Å². The Morgan fingerprint density at radius 1 is 1.06 bits per heavy atom. The number of aromatic amines is 1. The maximum Gasteiger partial charge on any atom is 0.248 e. The van der Waals surface area contributed by atoms with Crippen molar-refractivity contribution in [2.45, 2.75) is 13.3 Å². The SMILES string of the molecule is CCc1cccc(-c2[nH]c(N(C)c3cccc(C(N)=O)c3)nc2-c2ccc3c(c2)OCO3)n1. The fourth-order valence-electron chi connectivity index (χ4n) is 3.76. The molecule has 0 saturated heterocycles. The van der Waals surface area contributed by atoms with Crippen LogP contribution in [0.4, 0.5) is 11.6 Å². The first-order valence-electron chi connectivity index (χ1n) is 10.6. The van der Waals surface area contributed by atoms with E-state index in [2.05, 4.69) is 11.9 Å². The highest BCUT2D eigenvalue weighted by Gasteiger charge is 2.21. The quantitative estimate of drug-likeness (QED) is 0.462. The number of aromatic nitrogens is 3. The molecule has 0 fully saturated rings. The van der Waals surface area contributed by atoms with Gasteiger partial charge in [-0.25, -0.2) is 4.98 Å². The van der Waals surface area contributed by atoms with Crippen LogP contribution in [0.3, 0.4) is 0 Å². The topological polar surface area (TPSA) is 106 Å². The number of benzene rings is 2. The number of hydrogen-bond acceptors (Lipinski definition) is 6. The van der Waals surface area contributed by atoms with Crippen LogP contribution in [0.2, 0.25) is 0 Å². The van der Waals surface area contributed by atoms with Gasteiger partial charge in [0, 0.05) is 29.6 Å². The smallest absolute Gasteiger partial charge is 0.248 e. The lowest BCUT2D eigenvalue weighted by Crippen LogP contribution is -2.14. The molecule has 5 rings (SSSR count). The molecule has 0 bridgehead atoms. The van der Waals surface area contributed by atoms with Crippen LogP contribution in [0, 0.1) is 0 Å². The molecule has 0 saturated carbocycles. The third-order valence-electron chi connectivity index (χ3n) is 5.60. The summed E-state index contributed by atoms with van der Waals surface area (Å²) < 4.78 is 11.0. The number of anilines is 2. The Hall–Kier alpha value is -4.33. The number of ether oxygens (including phenoxy) is 2. The van der Waals surface area contributed by atoms with E-state index in [0.717, 1.165) is 40.4 Å². The second-order valence-corrected chi connectivity index (χ2v) is 7.69. The lowest BCUT2D eigenvalue weighted by atomic mass is 10.1. The summed E-state index contributed by atoms with van der Waals surface area (Å²) in [6.07, 6.45) is 0.827. The minimum absolute atomic E-state index is 0.205. The highest BCUT2D eigenvalue weighted by Crippen LogP contribution is 2.39. The van der Waals surface area contributed by atoms with Crippen LogP contribution in [0.5, 0.6) is 11.5 Å². The van der Waals surface area contributed by atoms with Crippen LogP contribution in [-0.4, -0.2) is 34.7 Å². The molecular formula is C25H23N5O3. The van der Waals surface area contributed by atoms with E-state index in [1.165, 1.54) is 0 Å². The molecule has 2 aromatic carbocycles. The first-order valence-corrected chi connectivity index (χ1v) is 10.6. The van der Waals surface area contributed by atoms with Crippen molar-refractivity contribution in [3.05, 3.63) is 71.9 Å². The molecule has 8 heteroatoms. The molecule has 1 aliphatic rings. The minimum Gasteiger partial charge on any atom is -0.454 e. The fourth-order valence-corrected chi connectivity index (χ4v) is 3.76. The number of carbonyl (C=O) groups excluding carboxylic acids is 1. The molecule has 33 heavy (non-hydrogen) atoms. The second kappa shape index (κ2) is 8.31. The van der Waals surface area contributed by atoms with E-state index in [1.54, 1.807) is 18.2 Å². The van der Waals surface area contributed by atoms with Gasteiger partial charge in [0.25, 0.3) is 0 Å². The lowest BCUT2D eigenvalue weighted by Gasteiger charge is -2.16. The van der Waals surface area contributed by atoms with Gasteiger partial charge in [-0.2, -0.15) is 0 Å². The molecule has 2 aromatic heterocycles. The Balaban J connectivity index is 1.63. The Morgan fingerprint density at radius 2 is 1.88 bits per heavy atom. The molecule has 3 heterocycles. The molecule has 1 amide bonds. The number of rotatable bonds is 6. The number of nitrogens with zero attached hydrogens (tertiary/aromatic N) is 3. The molecule has 0 radical (unpaired) electrons. The van der Waals surface area contributed by atoms with Crippen LogP contribution in [0.15, 0.2) is 60.7 Å². The van der Waals surface area contributed by atoms with Crippen molar-refractivity contribution in [2.75, 3.05) is 18.7 Å². The highest BCUT2D eigenvalue weighted by molar-refractivity contribution is 5.94. The van der Waals surface area contributed by atoms with Gasteiger partial charge in [0.05, 0.1) is 11.4 Å². The van der Waals surface area contributed by atoms with Gasteiger partial charge in [-0.05, 0) is 55.0 Å². The summed E-state index contributed by atoms with van der Waals surface area (Å²) in [5.41, 5.74) is 10.9. The Bertz CT molecular complexity index is 1350. The molecule has 1 aliphatic heterocycles. The lowest BCUT2D eigenvalue weighted by molar-refractivity contribution is 0.100. The van der Waals surface area contributed by atoms with Gasteiger partial charge < -0.3 is 25.1 Å². The van der Waals surface area contributed by atoms with Crippen molar-refractivity contribution in [3.8, 4) is 34.1 Å². The summed E-state index contributed by atoms with van der Waals surface area (Å²) in [6.45, 7) is 2.28. The van der Waals surface area contributed by atoms with Gasteiger partial charge in [0.1, 0.15) is 5.69 Å². The second-order valence-electron chi connectivity index (χ2n) is 7.69. The summed E-state index contributed by atoms with van der Waals surface area (Å²) in [4.78, 5) is 26.6. The van der Waals surface area contributed by atoms with Crippen molar-refractivity contribution < 1.29 is 14.3 Å². The zero-order chi connectivity index (χ0) is 22.9. The third-order valence-corrected chi connectivity index (χ3v) is 5.60.